The smallest absolute Gasteiger partial charge is 0.343 e. The summed E-state index contributed by atoms with van der Waals surface area (Å²) in [5, 5.41) is 0. The van der Waals surface area contributed by atoms with E-state index in [2.05, 4.69) is 9.97 Å². The number of benzene rings is 2. The molecule has 0 aliphatic carbocycles. The number of imidazole rings is 1. The predicted octanol–water partition coefficient (Wildman–Crippen LogP) is 2.80. The maximum atomic E-state index is 12.2. The lowest BCUT2D eigenvalue weighted by Crippen LogP contribution is -2.08. The highest BCUT2D eigenvalue weighted by molar-refractivity contribution is 5.92. The summed E-state index contributed by atoms with van der Waals surface area (Å²) in [5.74, 6) is 0.996. The van der Waals surface area contributed by atoms with Gasteiger partial charge >= 0.3 is 5.97 Å². The SMILES string of the molecule is COc1ccc(C(=O)Oc2ccc3nc[nH]c3c2)cc1OC. The van der Waals surface area contributed by atoms with Crippen molar-refractivity contribution in [3.05, 3.63) is 48.3 Å². The number of ether oxygens (including phenoxy) is 3. The lowest BCUT2D eigenvalue weighted by atomic mass is 10.2. The van der Waals surface area contributed by atoms with E-state index in [0.29, 0.717) is 22.8 Å². The summed E-state index contributed by atoms with van der Waals surface area (Å²) in [6, 6.07) is 10.1. The summed E-state index contributed by atoms with van der Waals surface area (Å²) in [6.07, 6.45) is 1.59. The number of esters is 1. The maximum Gasteiger partial charge on any atom is 0.343 e. The van der Waals surface area contributed by atoms with Gasteiger partial charge in [-0.05, 0) is 30.3 Å². The third-order valence-electron chi connectivity index (χ3n) is 3.22. The molecule has 22 heavy (non-hydrogen) atoms. The fourth-order valence-corrected chi connectivity index (χ4v) is 2.11. The first-order chi connectivity index (χ1) is 10.7. The van der Waals surface area contributed by atoms with Crippen molar-refractivity contribution in [2.75, 3.05) is 14.2 Å². The van der Waals surface area contributed by atoms with E-state index in [0.717, 1.165) is 11.0 Å². The van der Waals surface area contributed by atoms with Crippen molar-refractivity contribution in [3.63, 3.8) is 0 Å². The molecule has 1 N–H and O–H groups in total. The number of carbonyl (C=O) groups is 1. The Balaban J connectivity index is 1.84. The van der Waals surface area contributed by atoms with Crippen LogP contribution in [0.15, 0.2) is 42.7 Å². The molecule has 0 saturated heterocycles. The van der Waals surface area contributed by atoms with E-state index in [4.69, 9.17) is 14.2 Å². The highest BCUT2D eigenvalue weighted by Crippen LogP contribution is 2.28. The summed E-state index contributed by atoms with van der Waals surface area (Å²) in [6.45, 7) is 0. The summed E-state index contributed by atoms with van der Waals surface area (Å²) in [7, 11) is 3.05. The molecule has 0 amide bonds. The van der Waals surface area contributed by atoms with Crippen LogP contribution in [0.3, 0.4) is 0 Å². The molecule has 2 aromatic carbocycles. The molecular weight excluding hydrogens is 284 g/mol. The van der Waals surface area contributed by atoms with E-state index in [1.54, 1.807) is 42.7 Å². The molecule has 112 valence electrons. The molecule has 6 heteroatoms. The van der Waals surface area contributed by atoms with Crippen LogP contribution in [0.5, 0.6) is 17.2 Å². The molecule has 0 aliphatic heterocycles. The average Bonchev–Trinajstić information content (AvgIpc) is 3.01. The van der Waals surface area contributed by atoms with E-state index in [1.165, 1.54) is 14.2 Å². The normalized spacial score (nSPS) is 10.5. The van der Waals surface area contributed by atoms with Crippen molar-refractivity contribution >= 4 is 17.0 Å². The Morgan fingerprint density at radius 2 is 1.86 bits per heavy atom. The van der Waals surface area contributed by atoms with Gasteiger partial charge < -0.3 is 19.2 Å². The number of nitrogens with one attached hydrogen (secondary N) is 1. The summed E-state index contributed by atoms with van der Waals surface area (Å²) < 4.78 is 15.7. The lowest BCUT2D eigenvalue weighted by molar-refractivity contribution is 0.0734. The molecule has 0 aliphatic rings. The van der Waals surface area contributed by atoms with E-state index >= 15 is 0 Å². The number of aromatic nitrogens is 2. The Hall–Kier alpha value is -3.02. The van der Waals surface area contributed by atoms with Gasteiger partial charge in [0.25, 0.3) is 0 Å². The van der Waals surface area contributed by atoms with Crippen molar-refractivity contribution in [1.29, 1.82) is 0 Å². The minimum atomic E-state index is -0.472. The van der Waals surface area contributed by atoms with Gasteiger partial charge in [0.2, 0.25) is 0 Å². The van der Waals surface area contributed by atoms with Gasteiger partial charge in [-0.15, -0.1) is 0 Å². The minimum Gasteiger partial charge on any atom is -0.493 e. The molecular formula is C16H14N2O4. The van der Waals surface area contributed by atoms with Crippen LogP contribution < -0.4 is 14.2 Å². The highest BCUT2D eigenvalue weighted by atomic mass is 16.5. The van der Waals surface area contributed by atoms with Crippen LogP contribution in [-0.4, -0.2) is 30.2 Å². The minimum absolute atomic E-state index is 0.377. The third-order valence-corrected chi connectivity index (χ3v) is 3.22. The first kappa shape index (κ1) is 13.9. The quantitative estimate of drug-likeness (QED) is 0.592. The molecule has 3 aromatic rings. The number of aromatic amines is 1. The summed E-state index contributed by atoms with van der Waals surface area (Å²) >= 11 is 0. The Kier molecular flexibility index (Phi) is 3.65. The Bertz CT molecular complexity index is 826. The van der Waals surface area contributed by atoms with Crippen molar-refractivity contribution < 1.29 is 19.0 Å². The third kappa shape index (κ3) is 2.58. The van der Waals surface area contributed by atoms with Crippen LogP contribution in [0, 0.1) is 0 Å². The van der Waals surface area contributed by atoms with Gasteiger partial charge in [0, 0.05) is 6.07 Å². The van der Waals surface area contributed by atoms with Gasteiger partial charge in [-0.2, -0.15) is 0 Å². The Morgan fingerprint density at radius 1 is 1.05 bits per heavy atom. The zero-order valence-corrected chi connectivity index (χ0v) is 12.1. The Morgan fingerprint density at radius 3 is 2.64 bits per heavy atom. The van der Waals surface area contributed by atoms with Gasteiger partial charge in [0.05, 0.1) is 37.1 Å². The second kappa shape index (κ2) is 5.77. The first-order valence-corrected chi connectivity index (χ1v) is 6.58. The zero-order chi connectivity index (χ0) is 15.5. The van der Waals surface area contributed by atoms with E-state index < -0.39 is 5.97 Å². The molecule has 6 nitrogen and oxygen atoms in total. The van der Waals surface area contributed by atoms with E-state index in [9.17, 15) is 4.79 Å². The van der Waals surface area contributed by atoms with Crippen LogP contribution in [0.4, 0.5) is 0 Å². The number of hydrogen-bond acceptors (Lipinski definition) is 5. The zero-order valence-electron chi connectivity index (χ0n) is 12.1. The monoisotopic (exact) mass is 298 g/mol. The van der Waals surface area contributed by atoms with Gasteiger partial charge in [0.1, 0.15) is 5.75 Å². The lowest BCUT2D eigenvalue weighted by Gasteiger charge is -2.09. The first-order valence-electron chi connectivity index (χ1n) is 6.58. The molecule has 0 spiro atoms. The number of fused-ring (bicyclic) bond motifs is 1. The van der Waals surface area contributed by atoms with Crippen LogP contribution in [-0.2, 0) is 0 Å². The highest BCUT2D eigenvalue weighted by Gasteiger charge is 2.13. The van der Waals surface area contributed by atoms with Crippen molar-refractivity contribution in [2.45, 2.75) is 0 Å². The molecule has 0 radical (unpaired) electrons. The number of rotatable bonds is 4. The standard InChI is InChI=1S/C16H14N2O4/c1-20-14-6-3-10(7-15(14)21-2)16(19)22-11-4-5-12-13(8-11)18-9-17-12/h3-9H,1-2H3,(H,17,18). The second-order valence-electron chi connectivity index (χ2n) is 4.54. The number of carbonyl (C=O) groups excluding carboxylic acids is 1. The molecule has 3 rings (SSSR count). The number of H-pyrrole nitrogens is 1. The fraction of sp³-hybridized carbons (Fsp3) is 0.125. The van der Waals surface area contributed by atoms with Crippen LogP contribution >= 0.6 is 0 Å². The average molecular weight is 298 g/mol. The van der Waals surface area contributed by atoms with Crippen molar-refractivity contribution in [1.82, 2.24) is 9.97 Å². The van der Waals surface area contributed by atoms with Gasteiger partial charge in [-0.3, -0.25) is 0 Å². The topological polar surface area (TPSA) is 73.4 Å². The molecule has 0 saturated carbocycles. The molecule has 1 heterocycles. The van der Waals surface area contributed by atoms with E-state index in [1.807, 2.05) is 0 Å². The molecule has 0 fully saturated rings. The van der Waals surface area contributed by atoms with Crippen LogP contribution in [0.25, 0.3) is 11.0 Å². The number of hydrogen-bond donors (Lipinski definition) is 1. The van der Waals surface area contributed by atoms with E-state index in [-0.39, 0.29) is 0 Å². The largest absolute Gasteiger partial charge is 0.493 e. The van der Waals surface area contributed by atoms with Gasteiger partial charge in [0.15, 0.2) is 11.5 Å². The molecule has 0 bridgehead atoms. The molecule has 0 unspecified atom stereocenters. The summed E-state index contributed by atoms with van der Waals surface area (Å²) in [4.78, 5) is 19.3. The number of methoxy groups -OCH3 is 2. The Labute approximate surface area is 126 Å². The maximum absolute atomic E-state index is 12.2. The molecule has 1 aromatic heterocycles. The van der Waals surface area contributed by atoms with Gasteiger partial charge in [-0.1, -0.05) is 0 Å². The van der Waals surface area contributed by atoms with Crippen LogP contribution in [0.1, 0.15) is 10.4 Å². The number of nitrogens with zero attached hydrogens (tertiary/aromatic N) is 1. The van der Waals surface area contributed by atoms with Crippen LogP contribution in [0.2, 0.25) is 0 Å². The van der Waals surface area contributed by atoms with Gasteiger partial charge in [-0.25, -0.2) is 9.78 Å². The fourth-order valence-electron chi connectivity index (χ4n) is 2.11. The second-order valence-corrected chi connectivity index (χ2v) is 4.54. The van der Waals surface area contributed by atoms with Crippen molar-refractivity contribution in [2.24, 2.45) is 0 Å². The summed E-state index contributed by atoms with van der Waals surface area (Å²) in [5.41, 5.74) is 1.99. The predicted molar refractivity (Wildman–Crippen MR) is 80.6 cm³/mol. The van der Waals surface area contributed by atoms with Crippen molar-refractivity contribution in [3.8, 4) is 17.2 Å². The molecule has 0 atom stereocenters.